The van der Waals surface area contributed by atoms with Crippen molar-refractivity contribution in [2.75, 3.05) is 19.9 Å². The van der Waals surface area contributed by atoms with E-state index in [2.05, 4.69) is 25.4 Å². The fraction of sp³-hybridized carbons (Fsp3) is 0.222. The number of hydrogen-bond acceptors (Lipinski definition) is 9. The number of aromatic nitrogens is 7. The second kappa shape index (κ2) is 11.4. The number of anilines is 1. The quantitative estimate of drug-likeness (QED) is 0.292. The van der Waals surface area contributed by atoms with Gasteiger partial charge in [-0.1, -0.05) is 24.3 Å². The normalized spacial score (nSPS) is 11.8. The summed E-state index contributed by atoms with van der Waals surface area (Å²) in [5.41, 5.74) is 9.03. The number of ether oxygens (including phenoxy) is 1. The van der Waals surface area contributed by atoms with Gasteiger partial charge in [0.1, 0.15) is 42.1 Å². The summed E-state index contributed by atoms with van der Waals surface area (Å²) in [5, 5.41) is 12.0. The van der Waals surface area contributed by atoms with Gasteiger partial charge in [0, 0.05) is 19.2 Å². The maximum atomic E-state index is 13.7. The first kappa shape index (κ1) is 27.2. The molecule has 0 aliphatic heterocycles. The third-order valence-electron chi connectivity index (χ3n) is 6.66. The standard InChI is InChI=1S/C27H27FN10O3/c1-16(36(2)27(40)38-15-30-13-34-38)12-37-25-22(24(29)32-14-33-25)23(35-37)18-6-4-17(5-7-18)11-31-26(39)20-10-19(28)8-9-21(20)41-3/h4-10,13-16H,11-12H2,1-3H3,(H,31,39)(H2,29,32,33)/t16-/m1/s1. The average Bonchev–Trinajstić information content (AvgIpc) is 3.65. The van der Waals surface area contributed by atoms with Gasteiger partial charge in [-0.3, -0.25) is 4.79 Å². The fourth-order valence-corrected chi connectivity index (χ4v) is 4.31. The Morgan fingerprint density at radius 1 is 1.15 bits per heavy atom. The van der Waals surface area contributed by atoms with Crippen LogP contribution in [0.5, 0.6) is 5.75 Å². The van der Waals surface area contributed by atoms with Gasteiger partial charge in [0.25, 0.3) is 5.91 Å². The first-order chi connectivity index (χ1) is 19.8. The number of nitrogens with one attached hydrogen (secondary N) is 1. The Hall–Kier alpha value is -5.40. The highest BCUT2D eigenvalue weighted by molar-refractivity contribution is 5.98. The number of halogens is 1. The molecule has 0 fully saturated rings. The van der Waals surface area contributed by atoms with Crippen LogP contribution in [0.1, 0.15) is 22.8 Å². The minimum Gasteiger partial charge on any atom is -0.496 e. The third-order valence-corrected chi connectivity index (χ3v) is 6.66. The van der Waals surface area contributed by atoms with E-state index in [9.17, 15) is 14.0 Å². The number of nitrogens with two attached hydrogens (primary N) is 1. The molecule has 0 radical (unpaired) electrons. The van der Waals surface area contributed by atoms with Crippen LogP contribution in [0.2, 0.25) is 0 Å². The van der Waals surface area contributed by atoms with Crippen LogP contribution in [0.3, 0.4) is 0 Å². The van der Waals surface area contributed by atoms with Gasteiger partial charge in [0.2, 0.25) is 0 Å². The summed E-state index contributed by atoms with van der Waals surface area (Å²) in [4.78, 5) is 39.2. The lowest BCUT2D eigenvalue weighted by Gasteiger charge is -2.24. The molecule has 0 aliphatic carbocycles. The van der Waals surface area contributed by atoms with Gasteiger partial charge in [0.15, 0.2) is 5.65 Å². The average molecular weight is 559 g/mol. The molecule has 1 atom stereocenters. The molecule has 0 spiro atoms. The van der Waals surface area contributed by atoms with E-state index in [-0.39, 0.29) is 35.7 Å². The summed E-state index contributed by atoms with van der Waals surface area (Å²) in [6.45, 7) is 2.43. The number of rotatable bonds is 8. The van der Waals surface area contributed by atoms with Crippen LogP contribution in [-0.4, -0.2) is 71.6 Å². The number of amides is 2. The van der Waals surface area contributed by atoms with Crippen molar-refractivity contribution in [1.29, 1.82) is 0 Å². The SMILES string of the molecule is COc1ccc(F)cc1C(=O)NCc1ccc(-c2nn(C[C@@H](C)N(C)C(=O)n3cncn3)c3ncnc(N)c23)cc1. The molecule has 14 heteroatoms. The summed E-state index contributed by atoms with van der Waals surface area (Å²) in [7, 11) is 3.09. The number of nitrogens with zero attached hydrogens (tertiary/aromatic N) is 8. The molecule has 3 heterocycles. The molecule has 5 rings (SSSR count). The number of carbonyl (C=O) groups excluding carboxylic acids is 2. The minimum absolute atomic E-state index is 0.111. The van der Waals surface area contributed by atoms with Crippen molar-refractivity contribution < 1.29 is 18.7 Å². The van der Waals surface area contributed by atoms with E-state index in [0.29, 0.717) is 23.3 Å². The molecule has 3 N–H and O–H groups in total. The van der Waals surface area contributed by atoms with Crippen LogP contribution in [-0.2, 0) is 13.1 Å². The van der Waals surface area contributed by atoms with E-state index in [1.54, 1.807) is 11.7 Å². The third kappa shape index (κ3) is 5.52. The van der Waals surface area contributed by atoms with E-state index >= 15 is 0 Å². The van der Waals surface area contributed by atoms with E-state index < -0.39 is 11.7 Å². The van der Waals surface area contributed by atoms with Crippen molar-refractivity contribution in [1.82, 2.24) is 44.7 Å². The lowest BCUT2D eigenvalue weighted by Crippen LogP contribution is -2.40. The van der Waals surface area contributed by atoms with Crippen molar-refractivity contribution in [3.05, 3.63) is 78.4 Å². The van der Waals surface area contributed by atoms with Crippen LogP contribution >= 0.6 is 0 Å². The Labute approximate surface area is 233 Å². The molecular formula is C27H27FN10O3. The van der Waals surface area contributed by atoms with Gasteiger partial charge in [-0.05, 0) is 30.7 Å². The first-order valence-corrected chi connectivity index (χ1v) is 12.6. The highest BCUT2D eigenvalue weighted by atomic mass is 19.1. The Bertz CT molecular complexity index is 1700. The second-order valence-corrected chi connectivity index (χ2v) is 9.29. The Morgan fingerprint density at radius 3 is 2.63 bits per heavy atom. The number of carbonyl (C=O) groups is 2. The Kier molecular flexibility index (Phi) is 7.54. The van der Waals surface area contributed by atoms with Crippen molar-refractivity contribution in [2.24, 2.45) is 0 Å². The minimum atomic E-state index is -0.530. The number of fused-ring (bicyclic) bond motifs is 1. The summed E-state index contributed by atoms with van der Waals surface area (Å²) < 4.78 is 21.7. The lowest BCUT2D eigenvalue weighted by atomic mass is 10.1. The van der Waals surface area contributed by atoms with E-state index in [4.69, 9.17) is 15.6 Å². The largest absolute Gasteiger partial charge is 0.496 e. The van der Waals surface area contributed by atoms with E-state index in [1.165, 1.54) is 43.1 Å². The molecule has 0 bridgehead atoms. The van der Waals surface area contributed by atoms with Crippen LogP contribution in [0.25, 0.3) is 22.3 Å². The highest BCUT2D eigenvalue weighted by Gasteiger charge is 2.23. The highest BCUT2D eigenvalue weighted by Crippen LogP contribution is 2.30. The number of nitrogen functional groups attached to an aromatic ring is 1. The topological polar surface area (TPSA) is 159 Å². The Morgan fingerprint density at radius 2 is 1.93 bits per heavy atom. The summed E-state index contributed by atoms with van der Waals surface area (Å²) in [6, 6.07) is 10.6. The van der Waals surface area contributed by atoms with E-state index in [1.807, 2.05) is 31.2 Å². The number of likely N-dealkylation sites (N-methyl/N-ethyl adjacent to an activating group) is 1. The molecule has 2 amide bonds. The summed E-state index contributed by atoms with van der Waals surface area (Å²) in [6.07, 6.45) is 4.01. The fourth-order valence-electron chi connectivity index (χ4n) is 4.31. The second-order valence-electron chi connectivity index (χ2n) is 9.29. The molecule has 13 nitrogen and oxygen atoms in total. The summed E-state index contributed by atoms with van der Waals surface area (Å²) >= 11 is 0. The molecule has 210 valence electrons. The van der Waals surface area contributed by atoms with Gasteiger partial charge in [-0.15, -0.1) is 0 Å². The maximum Gasteiger partial charge on any atom is 0.346 e. The Balaban J connectivity index is 1.35. The molecule has 41 heavy (non-hydrogen) atoms. The maximum absolute atomic E-state index is 13.7. The molecule has 5 aromatic rings. The predicted molar refractivity (Wildman–Crippen MR) is 147 cm³/mol. The molecule has 0 unspecified atom stereocenters. The molecule has 0 aliphatic rings. The monoisotopic (exact) mass is 558 g/mol. The van der Waals surface area contributed by atoms with Crippen molar-refractivity contribution in [2.45, 2.75) is 26.1 Å². The van der Waals surface area contributed by atoms with Gasteiger partial charge < -0.3 is 20.7 Å². The van der Waals surface area contributed by atoms with Crippen molar-refractivity contribution in [3.63, 3.8) is 0 Å². The van der Waals surface area contributed by atoms with E-state index in [0.717, 1.165) is 21.9 Å². The predicted octanol–water partition coefficient (Wildman–Crippen LogP) is 2.73. The zero-order valence-corrected chi connectivity index (χ0v) is 22.5. The van der Waals surface area contributed by atoms with Gasteiger partial charge in [-0.2, -0.15) is 14.9 Å². The van der Waals surface area contributed by atoms with Crippen LogP contribution in [0.4, 0.5) is 15.0 Å². The number of hydrogen-bond donors (Lipinski definition) is 2. The van der Waals surface area contributed by atoms with Gasteiger partial charge >= 0.3 is 6.03 Å². The van der Waals surface area contributed by atoms with Crippen molar-refractivity contribution >= 4 is 28.8 Å². The van der Waals surface area contributed by atoms with Crippen molar-refractivity contribution in [3.8, 4) is 17.0 Å². The number of methoxy groups -OCH3 is 1. The van der Waals surface area contributed by atoms with Gasteiger partial charge in [0.05, 0.1) is 30.6 Å². The van der Waals surface area contributed by atoms with Crippen LogP contribution < -0.4 is 15.8 Å². The lowest BCUT2D eigenvalue weighted by molar-refractivity contribution is 0.0947. The number of benzene rings is 2. The molecule has 2 aromatic carbocycles. The smallest absolute Gasteiger partial charge is 0.346 e. The summed E-state index contributed by atoms with van der Waals surface area (Å²) in [5.74, 6) is -0.430. The van der Waals surface area contributed by atoms with Crippen LogP contribution in [0, 0.1) is 5.82 Å². The van der Waals surface area contributed by atoms with Gasteiger partial charge in [-0.25, -0.2) is 28.8 Å². The molecular weight excluding hydrogens is 531 g/mol. The zero-order chi connectivity index (χ0) is 29.1. The molecule has 0 saturated carbocycles. The molecule has 3 aromatic heterocycles. The zero-order valence-electron chi connectivity index (χ0n) is 22.5. The molecule has 0 saturated heterocycles. The first-order valence-electron chi connectivity index (χ1n) is 12.6. The van der Waals surface area contributed by atoms with Crippen LogP contribution in [0.15, 0.2) is 61.4 Å².